The smallest absolute Gasteiger partial charge is 0.321 e. The van der Waals surface area contributed by atoms with Gasteiger partial charge in [0.2, 0.25) is 0 Å². The first kappa shape index (κ1) is 23.1. The van der Waals surface area contributed by atoms with E-state index in [-0.39, 0.29) is 17.2 Å². The fraction of sp³-hybridized carbons (Fsp3) is 0.192. The van der Waals surface area contributed by atoms with Crippen LogP contribution in [0.1, 0.15) is 23.2 Å². The molecule has 0 aliphatic heterocycles. The SMILES string of the molecule is NC(C(=O)O)C(C(=O)c1ccc(-c2ccccc2)c(Nc2nc3ccc(F)cc3s2)c1F)C1CC1. The number of carbonyl (C=O) groups is 2. The van der Waals surface area contributed by atoms with E-state index in [9.17, 15) is 19.1 Å². The van der Waals surface area contributed by atoms with E-state index >= 15 is 4.39 Å². The van der Waals surface area contributed by atoms with Crippen LogP contribution in [0.2, 0.25) is 0 Å². The molecule has 178 valence electrons. The van der Waals surface area contributed by atoms with E-state index in [0.29, 0.717) is 39.3 Å². The molecular formula is C26H21F2N3O3S. The van der Waals surface area contributed by atoms with Crippen molar-refractivity contribution in [3.63, 3.8) is 0 Å². The number of thiazole rings is 1. The molecule has 9 heteroatoms. The van der Waals surface area contributed by atoms with Gasteiger partial charge in [-0.25, -0.2) is 13.8 Å². The van der Waals surface area contributed by atoms with Gasteiger partial charge in [-0.2, -0.15) is 0 Å². The Hall–Kier alpha value is -3.69. The lowest BCUT2D eigenvalue weighted by molar-refractivity contribution is -0.139. The van der Waals surface area contributed by atoms with Crippen LogP contribution < -0.4 is 11.1 Å². The molecule has 4 N–H and O–H groups in total. The first-order valence-corrected chi connectivity index (χ1v) is 11.9. The minimum atomic E-state index is -1.42. The van der Waals surface area contributed by atoms with Crippen LogP contribution in [0.5, 0.6) is 0 Å². The summed E-state index contributed by atoms with van der Waals surface area (Å²) in [7, 11) is 0. The zero-order chi connectivity index (χ0) is 24.7. The number of hydrogen-bond acceptors (Lipinski definition) is 6. The number of benzene rings is 3. The average Bonchev–Trinajstić information content (AvgIpc) is 3.59. The zero-order valence-electron chi connectivity index (χ0n) is 18.4. The average molecular weight is 494 g/mol. The number of nitrogens with one attached hydrogen (secondary N) is 1. The number of carboxylic acids is 1. The fourth-order valence-electron chi connectivity index (χ4n) is 4.26. The van der Waals surface area contributed by atoms with E-state index in [1.54, 1.807) is 6.07 Å². The molecule has 0 spiro atoms. The molecule has 0 saturated heterocycles. The van der Waals surface area contributed by atoms with E-state index in [1.807, 2.05) is 30.3 Å². The van der Waals surface area contributed by atoms with Gasteiger partial charge >= 0.3 is 5.97 Å². The lowest BCUT2D eigenvalue weighted by Gasteiger charge is -2.21. The van der Waals surface area contributed by atoms with E-state index in [1.165, 1.54) is 24.3 Å². The first-order valence-electron chi connectivity index (χ1n) is 11.1. The largest absolute Gasteiger partial charge is 0.480 e. The normalized spacial score (nSPS) is 15.1. The lowest BCUT2D eigenvalue weighted by Crippen LogP contribution is -2.43. The Morgan fingerprint density at radius 2 is 1.83 bits per heavy atom. The molecule has 35 heavy (non-hydrogen) atoms. The van der Waals surface area contributed by atoms with Crippen LogP contribution in [0, 0.1) is 23.5 Å². The molecule has 5 rings (SSSR count). The van der Waals surface area contributed by atoms with Gasteiger partial charge in [-0.1, -0.05) is 47.7 Å². The number of hydrogen-bond donors (Lipinski definition) is 3. The standard InChI is InChI=1S/C26H21F2N3O3S/c27-15-8-11-18-19(12-15)35-26(30-18)31-23-16(13-4-2-1-3-5-13)9-10-17(21(23)28)24(32)20(14-6-7-14)22(29)25(33)34/h1-5,8-12,14,20,22H,6-7,29H2,(H,30,31)(H,33,34). The van der Waals surface area contributed by atoms with Gasteiger partial charge in [-0.05, 0) is 48.6 Å². The van der Waals surface area contributed by atoms with E-state index in [2.05, 4.69) is 10.3 Å². The van der Waals surface area contributed by atoms with Gasteiger partial charge in [0.05, 0.1) is 27.4 Å². The zero-order valence-corrected chi connectivity index (χ0v) is 19.2. The number of Topliss-reactive ketones (excluding diaryl/α,β-unsaturated/α-hetero) is 1. The number of aromatic nitrogens is 1. The fourth-order valence-corrected chi connectivity index (χ4v) is 5.16. The Kier molecular flexibility index (Phi) is 6.04. The maximum absolute atomic E-state index is 16.0. The number of fused-ring (bicyclic) bond motifs is 1. The summed E-state index contributed by atoms with van der Waals surface area (Å²) in [6.45, 7) is 0. The maximum atomic E-state index is 16.0. The monoisotopic (exact) mass is 493 g/mol. The van der Waals surface area contributed by atoms with E-state index in [0.717, 1.165) is 11.3 Å². The Morgan fingerprint density at radius 1 is 1.09 bits per heavy atom. The van der Waals surface area contributed by atoms with Crippen molar-refractivity contribution in [2.45, 2.75) is 18.9 Å². The Labute approximate surface area is 203 Å². The highest BCUT2D eigenvalue weighted by atomic mass is 32.1. The molecule has 1 heterocycles. The van der Waals surface area contributed by atoms with Gasteiger partial charge in [0, 0.05) is 5.56 Å². The van der Waals surface area contributed by atoms with Crippen molar-refractivity contribution < 1.29 is 23.5 Å². The van der Waals surface area contributed by atoms with Crippen LogP contribution in [0.3, 0.4) is 0 Å². The van der Waals surface area contributed by atoms with Crippen molar-refractivity contribution in [3.8, 4) is 11.1 Å². The summed E-state index contributed by atoms with van der Waals surface area (Å²) >= 11 is 1.15. The number of aliphatic carboxylic acids is 1. The van der Waals surface area contributed by atoms with Crippen LogP contribution in [0.25, 0.3) is 21.3 Å². The summed E-state index contributed by atoms with van der Waals surface area (Å²) in [6, 6.07) is 14.8. The lowest BCUT2D eigenvalue weighted by atomic mass is 9.86. The maximum Gasteiger partial charge on any atom is 0.321 e. The second-order valence-corrected chi connectivity index (χ2v) is 9.59. The van der Waals surface area contributed by atoms with Gasteiger partial charge in [0.1, 0.15) is 11.9 Å². The summed E-state index contributed by atoms with van der Waals surface area (Å²) in [4.78, 5) is 29.3. The second kappa shape index (κ2) is 9.16. The summed E-state index contributed by atoms with van der Waals surface area (Å²) in [6.07, 6.45) is 1.35. The minimum absolute atomic E-state index is 0.0278. The molecule has 0 radical (unpaired) electrons. The van der Waals surface area contributed by atoms with E-state index in [4.69, 9.17) is 5.73 Å². The molecule has 0 amide bonds. The number of carboxylic acid groups (broad SMARTS) is 1. The molecule has 1 saturated carbocycles. The van der Waals surface area contributed by atoms with Crippen molar-refractivity contribution >= 4 is 44.1 Å². The van der Waals surface area contributed by atoms with Crippen LogP contribution in [0.15, 0.2) is 60.7 Å². The number of nitrogens with zero attached hydrogens (tertiary/aromatic N) is 1. The van der Waals surface area contributed by atoms with Gasteiger partial charge in [-0.15, -0.1) is 0 Å². The molecule has 1 aromatic heterocycles. The van der Waals surface area contributed by atoms with E-state index < -0.39 is 35.3 Å². The third kappa shape index (κ3) is 4.52. The topological polar surface area (TPSA) is 105 Å². The number of carbonyl (C=O) groups excluding carboxylic acids is 1. The molecule has 2 unspecified atom stereocenters. The molecule has 1 aliphatic rings. The quantitative estimate of drug-likeness (QED) is 0.276. The molecule has 0 bridgehead atoms. The number of anilines is 2. The van der Waals surface area contributed by atoms with Crippen molar-refractivity contribution in [1.82, 2.24) is 4.98 Å². The molecule has 4 aromatic rings. The number of rotatable bonds is 8. The number of nitrogens with two attached hydrogens (primary N) is 1. The molecule has 2 atom stereocenters. The first-order chi connectivity index (χ1) is 16.8. The molecular weight excluding hydrogens is 472 g/mol. The predicted octanol–water partition coefficient (Wildman–Crippen LogP) is 5.61. The predicted molar refractivity (Wildman–Crippen MR) is 131 cm³/mol. The van der Waals surface area contributed by atoms with Crippen LogP contribution in [-0.2, 0) is 4.79 Å². The molecule has 1 aliphatic carbocycles. The van der Waals surface area contributed by atoms with Gasteiger partial charge in [0.15, 0.2) is 16.7 Å². The number of ketones is 1. The Balaban J connectivity index is 1.60. The highest BCUT2D eigenvalue weighted by Crippen LogP contribution is 2.42. The molecule has 3 aromatic carbocycles. The van der Waals surface area contributed by atoms with Crippen molar-refractivity contribution in [2.24, 2.45) is 17.6 Å². The van der Waals surface area contributed by atoms with Crippen molar-refractivity contribution in [3.05, 3.63) is 77.9 Å². The number of halogens is 2. The van der Waals surface area contributed by atoms with Crippen molar-refractivity contribution in [1.29, 1.82) is 0 Å². The summed E-state index contributed by atoms with van der Waals surface area (Å²) in [5.74, 6) is -4.34. The van der Waals surface area contributed by atoms with Crippen molar-refractivity contribution in [2.75, 3.05) is 5.32 Å². The van der Waals surface area contributed by atoms with Crippen LogP contribution >= 0.6 is 11.3 Å². The third-order valence-corrected chi connectivity index (χ3v) is 7.11. The van der Waals surface area contributed by atoms with Crippen LogP contribution in [-0.4, -0.2) is 27.9 Å². The summed E-state index contributed by atoms with van der Waals surface area (Å²) in [5, 5.41) is 12.7. The van der Waals surface area contributed by atoms with Crippen LogP contribution in [0.4, 0.5) is 19.6 Å². The Bertz CT molecular complexity index is 1440. The molecule has 1 fully saturated rings. The highest BCUT2D eigenvalue weighted by Gasteiger charge is 2.44. The highest BCUT2D eigenvalue weighted by molar-refractivity contribution is 7.22. The third-order valence-electron chi connectivity index (χ3n) is 6.18. The minimum Gasteiger partial charge on any atom is -0.480 e. The van der Waals surface area contributed by atoms with Gasteiger partial charge in [0.25, 0.3) is 0 Å². The molecule has 6 nitrogen and oxygen atoms in total. The summed E-state index contributed by atoms with van der Waals surface area (Å²) in [5.41, 5.74) is 7.38. The van der Waals surface area contributed by atoms with Gasteiger partial charge in [-0.3, -0.25) is 9.59 Å². The Morgan fingerprint density at radius 3 is 2.51 bits per heavy atom. The van der Waals surface area contributed by atoms with Gasteiger partial charge < -0.3 is 16.2 Å². The second-order valence-electron chi connectivity index (χ2n) is 8.56. The summed E-state index contributed by atoms with van der Waals surface area (Å²) < 4.78 is 30.3.